The fourth-order valence-electron chi connectivity index (χ4n) is 7.23. The molecule has 7 rings (SSSR count). The van der Waals surface area contributed by atoms with E-state index < -0.39 is 0 Å². The van der Waals surface area contributed by atoms with Crippen LogP contribution in [0.2, 0.25) is 10.0 Å². The summed E-state index contributed by atoms with van der Waals surface area (Å²) >= 11 is 14.5. The van der Waals surface area contributed by atoms with Crippen molar-refractivity contribution in [2.24, 2.45) is 0 Å². The molecule has 4 N–H and O–H groups in total. The van der Waals surface area contributed by atoms with Gasteiger partial charge in [-0.25, -0.2) is 4.98 Å². The van der Waals surface area contributed by atoms with Gasteiger partial charge in [-0.15, -0.1) is 0 Å². The minimum Gasteiger partial charge on any atom is -0.497 e. The molecule has 5 aromatic rings. The standard InChI is InChI=1S/C45H45Cl2N5O4/c1-55-35-18-10-28(11-19-35)9-12-29-23-30(13-14-31(29)24-48-26-33-16-21-41(53)50-33)36-5-3-6-37(43(36)46)38-7-4-8-39(44(38)47)40-20-15-32(45(52-40)56-2)25-49-27-34-17-22-42(54)51-34/h3-15,18-20,23,33-34,48-49H,16-17,21-22,24-27H2,1-2H3,(H,50,53)(H,51,54)/b12-9+/t33-,34-/m1/s1. The fraction of sp³-hybridized carbons (Fsp3) is 0.267. The highest BCUT2D eigenvalue weighted by Gasteiger charge is 2.22. The summed E-state index contributed by atoms with van der Waals surface area (Å²) in [6, 6.07) is 30.4. The van der Waals surface area contributed by atoms with E-state index in [0.29, 0.717) is 60.6 Å². The van der Waals surface area contributed by atoms with Gasteiger partial charge < -0.3 is 30.7 Å². The lowest BCUT2D eigenvalue weighted by atomic mass is 9.94. The molecule has 0 bridgehead atoms. The third-order valence-corrected chi connectivity index (χ3v) is 11.1. The molecule has 0 spiro atoms. The molecular formula is C45H45Cl2N5O4. The van der Waals surface area contributed by atoms with Crippen LogP contribution in [-0.4, -0.2) is 56.2 Å². The Hall–Kier alpha value is -5.19. The van der Waals surface area contributed by atoms with Crippen molar-refractivity contribution in [2.45, 2.75) is 50.9 Å². The van der Waals surface area contributed by atoms with Gasteiger partial charge in [-0.1, -0.05) is 102 Å². The van der Waals surface area contributed by atoms with E-state index >= 15 is 0 Å². The molecule has 0 aliphatic carbocycles. The smallest absolute Gasteiger partial charge is 0.220 e. The van der Waals surface area contributed by atoms with Crippen LogP contribution in [0.3, 0.4) is 0 Å². The first kappa shape index (κ1) is 39.1. The molecule has 1 aromatic heterocycles. The Labute approximate surface area is 337 Å². The second-order valence-corrected chi connectivity index (χ2v) is 14.8. The zero-order chi connectivity index (χ0) is 39.0. The SMILES string of the molecule is COc1ccc(/C=C/c2cc(-c3cccc(-c4cccc(-c5ccc(CNC[C@H]6CCC(=O)N6)c(OC)n5)c4Cl)c3Cl)ccc2CNC[C@H]2CCC(=O)N2)cc1. The Kier molecular flexibility index (Phi) is 12.7. The monoisotopic (exact) mass is 789 g/mol. The number of aromatic nitrogens is 1. The van der Waals surface area contributed by atoms with Crippen LogP contribution < -0.4 is 30.7 Å². The maximum Gasteiger partial charge on any atom is 0.220 e. The normalized spacial score (nSPS) is 16.6. The lowest BCUT2D eigenvalue weighted by molar-refractivity contribution is -0.120. The topological polar surface area (TPSA) is 114 Å². The van der Waals surface area contributed by atoms with E-state index in [4.69, 9.17) is 37.7 Å². The predicted octanol–water partition coefficient (Wildman–Crippen LogP) is 8.31. The molecule has 0 unspecified atom stereocenters. The number of carbonyl (C=O) groups excluding carboxylic acids is 2. The molecule has 2 fully saturated rings. The first-order valence-corrected chi connectivity index (χ1v) is 19.6. The van der Waals surface area contributed by atoms with Crippen molar-refractivity contribution < 1.29 is 19.1 Å². The van der Waals surface area contributed by atoms with Gasteiger partial charge in [-0.2, -0.15) is 0 Å². The summed E-state index contributed by atoms with van der Waals surface area (Å²) in [7, 11) is 3.27. The molecule has 9 nitrogen and oxygen atoms in total. The summed E-state index contributed by atoms with van der Waals surface area (Å²) in [5.41, 5.74) is 9.02. The number of ether oxygens (including phenoxy) is 2. The van der Waals surface area contributed by atoms with Crippen molar-refractivity contribution in [3.05, 3.63) is 123 Å². The van der Waals surface area contributed by atoms with Crippen LogP contribution in [0, 0.1) is 0 Å². The Morgan fingerprint density at radius 1 is 0.696 bits per heavy atom. The van der Waals surface area contributed by atoms with Crippen LogP contribution in [0.25, 0.3) is 45.7 Å². The van der Waals surface area contributed by atoms with E-state index in [2.05, 4.69) is 51.6 Å². The lowest BCUT2D eigenvalue weighted by Gasteiger charge is -2.16. The van der Waals surface area contributed by atoms with Crippen LogP contribution in [0.4, 0.5) is 0 Å². The maximum absolute atomic E-state index is 11.7. The van der Waals surface area contributed by atoms with Crippen molar-refractivity contribution in [3.63, 3.8) is 0 Å². The number of amides is 2. The third-order valence-electron chi connectivity index (χ3n) is 10.3. The number of methoxy groups -OCH3 is 2. The second-order valence-electron chi connectivity index (χ2n) is 14.1. The average Bonchev–Trinajstić information content (AvgIpc) is 3.84. The molecule has 2 aliphatic rings. The number of pyridine rings is 1. The summed E-state index contributed by atoms with van der Waals surface area (Å²) in [6.45, 7) is 2.57. The summed E-state index contributed by atoms with van der Waals surface area (Å²) < 4.78 is 11.0. The van der Waals surface area contributed by atoms with Gasteiger partial charge in [0, 0.05) is 78.9 Å². The highest BCUT2D eigenvalue weighted by atomic mass is 35.5. The molecule has 0 saturated carbocycles. The number of halogens is 2. The Morgan fingerprint density at radius 3 is 1.89 bits per heavy atom. The van der Waals surface area contributed by atoms with Gasteiger partial charge in [0.2, 0.25) is 17.7 Å². The molecule has 56 heavy (non-hydrogen) atoms. The van der Waals surface area contributed by atoms with Crippen LogP contribution in [0.1, 0.15) is 47.9 Å². The summed E-state index contributed by atoms with van der Waals surface area (Å²) in [6.07, 6.45) is 7.03. The number of benzene rings is 4. The van der Waals surface area contributed by atoms with Crippen molar-refractivity contribution in [2.75, 3.05) is 27.3 Å². The van der Waals surface area contributed by atoms with Gasteiger partial charge in [0.05, 0.1) is 30.0 Å². The highest BCUT2D eigenvalue weighted by molar-refractivity contribution is 6.39. The van der Waals surface area contributed by atoms with Gasteiger partial charge >= 0.3 is 0 Å². The predicted molar refractivity (Wildman–Crippen MR) is 225 cm³/mol. The largest absolute Gasteiger partial charge is 0.497 e. The van der Waals surface area contributed by atoms with Crippen molar-refractivity contribution in [3.8, 4) is 45.1 Å². The molecule has 4 aromatic carbocycles. The van der Waals surface area contributed by atoms with Gasteiger partial charge in [0.15, 0.2) is 0 Å². The number of nitrogens with zero attached hydrogens (tertiary/aromatic N) is 1. The quantitative estimate of drug-likeness (QED) is 0.0790. The van der Waals surface area contributed by atoms with Gasteiger partial charge in [-0.05, 0) is 59.4 Å². The molecule has 0 radical (unpaired) electrons. The van der Waals surface area contributed by atoms with Gasteiger partial charge in [-0.3, -0.25) is 9.59 Å². The first-order chi connectivity index (χ1) is 27.3. The van der Waals surface area contributed by atoms with Crippen molar-refractivity contribution in [1.82, 2.24) is 26.3 Å². The molecule has 288 valence electrons. The average molecular weight is 791 g/mol. The van der Waals surface area contributed by atoms with E-state index in [0.717, 1.165) is 68.7 Å². The first-order valence-electron chi connectivity index (χ1n) is 18.9. The molecule has 2 amide bonds. The number of nitrogens with one attached hydrogen (secondary N) is 4. The number of hydrogen-bond acceptors (Lipinski definition) is 7. The van der Waals surface area contributed by atoms with E-state index in [9.17, 15) is 9.59 Å². The van der Waals surface area contributed by atoms with Crippen LogP contribution in [0.5, 0.6) is 11.6 Å². The van der Waals surface area contributed by atoms with E-state index in [1.165, 1.54) is 0 Å². The highest BCUT2D eigenvalue weighted by Crippen LogP contribution is 2.42. The molecule has 2 saturated heterocycles. The van der Waals surface area contributed by atoms with E-state index in [-0.39, 0.29) is 23.9 Å². The molecule has 11 heteroatoms. The van der Waals surface area contributed by atoms with Crippen molar-refractivity contribution >= 4 is 47.2 Å². The maximum atomic E-state index is 11.7. The number of hydrogen-bond donors (Lipinski definition) is 4. The van der Waals surface area contributed by atoms with Crippen LogP contribution in [0.15, 0.2) is 91.0 Å². The van der Waals surface area contributed by atoms with Gasteiger partial charge in [0.25, 0.3) is 0 Å². The van der Waals surface area contributed by atoms with Gasteiger partial charge in [0.1, 0.15) is 5.75 Å². The molecule has 2 atom stereocenters. The number of carbonyl (C=O) groups is 2. The third kappa shape index (κ3) is 9.25. The Balaban J connectivity index is 1.14. The van der Waals surface area contributed by atoms with E-state index in [1.54, 1.807) is 14.2 Å². The summed E-state index contributed by atoms with van der Waals surface area (Å²) in [5.74, 6) is 1.52. The zero-order valence-corrected chi connectivity index (χ0v) is 33.0. The fourth-order valence-corrected chi connectivity index (χ4v) is 7.90. The lowest BCUT2D eigenvalue weighted by Crippen LogP contribution is -2.35. The zero-order valence-electron chi connectivity index (χ0n) is 31.5. The van der Waals surface area contributed by atoms with Crippen LogP contribution in [-0.2, 0) is 22.7 Å². The minimum absolute atomic E-state index is 0.0995. The summed E-state index contributed by atoms with van der Waals surface area (Å²) in [5, 5.41) is 14.1. The molecule has 3 heterocycles. The number of rotatable bonds is 15. The van der Waals surface area contributed by atoms with Crippen molar-refractivity contribution in [1.29, 1.82) is 0 Å². The Bertz CT molecular complexity index is 2240. The minimum atomic E-state index is 0.0995. The molecular weight excluding hydrogens is 745 g/mol. The van der Waals surface area contributed by atoms with E-state index in [1.807, 2.05) is 72.8 Å². The van der Waals surface area contributed by atoms with Crippen LogP contribution >= 0.6 is 23.2 Å². The Morgan fingerprint density at radius 2 is 1.29 bits per heavy atom. The molecule has 2 aliphatic heterocycles. The summed E-state index contributed by atoms with van der Waals surface area (Å²) in [4.78, 5) is 28.1. The second kappa shape index (κ2) is 18.2.